The predicted octanol–water partition coefficient (Wildman–Crippen LogP) is 2.41. The van der Waals surface area contributed by atoms with Crippen LogP contribution in [0.15, 0.2) is 18.2 Å². The number of hydrogen-bond acceptors (Lipinski definition) is 1. The van der Waals surface area contributed by atoms with E-state index < -0.39 is 6.04 Å². The molecule has 1 nitrogen and oxygen atoms in total. The van der Waals surface area contributed by atoms with Gasteiger partial charge in [-0.15, -0.1) is 0 Å². The van der Waals surface area contributed by atoms with Gasteiger partial charge < -0.3 is 0 Å². The second-order valence-corrected chi connectivity index (χ2v) is 2.59. The molecule has 0 aliphatic heterocycles. The molecule has 1 rings (SSSR count). The Hall–Kier alpha value is -1.18. The first-order valence-corrected chi connectivity index (χ1v) is 3.38. The van der Waals surface area contributed by atoms with E-state index in [1.807, 2.05) is 13.0 Å². The van der Waals surface area contributed by atoms with Gasteiger partial charge in [0.25, 0.3) is 0 Å². The van der Waals surface area contributed by atoms with Crippen LogP contribution < -0.4 is 0 Å². The Kier molecular flexibility index (Phi) is 2.03. The Morgan fingerprint density at radius 3 is 2.45 bits per heavy atom. The summed E-state index contributed by atoms with van der Waals surface area (Å²) in [4.78, 5) is 10.4. The topological polar surface area (TPSA) is 17.1 Å². The van der Waals surface area contributed by atoms with Gasteiger partial charge >= 0.3 is 6.04 Å². The van der Waals surface area contributed by atoms with Crippen LogP contribution in [0.4, 0.5) is 4.39 Å². The van der Waals surface area contributed by atoms with Crippen molar-refractivity contribution < 1.29 is 9.18 Å². The molecule has 58 valence electrons. The maximum absolute atomic E-state index is 12.2. The summed E-state index contributed by atoms with van der Waals surface area (Å²) in [6, 6.07) is 3.79. The molecule has 0 heterocycles. The van der Waals surface area contributed by atoms with Crippen LogP contribution in [-0.4, -0.2) is 6.04 Å². The first-order chi connectivity index (χ1) is 5.11. The molecule has 0 unspecified atom stereocenters. The minimum Gasteiger partial charge on any atom is -0.255 e. The van der Waals surface area contributed by atoms with Crippen LogP contribution in [0.2, 0.25) is 0 Å². The minimum absolute atomic E-state index is 0.171. The second-order valence-electron chi connectivity index (χ2n) is 2.59. The molecular formula is C9H9FO. The zero-order valence-corrected chi connectivity index (χ0v) is 6.52. The molecule has 0 spiro atoms. The Balaban J connectivity index is 3.23. The van der Waals surface area contributed by atoms with Crippen molar-refractivity contribution >= 4 is 6.04 Å². The summed E-state index contributed by atoms with van der Waals surface area (Å²) in [5.41, 5.74) is 1.75. The number of rotatable bonds is 1. The summed E-state index contributed by atoms with van der Waals surface area (Å²) in [6.45, 7) is 3.54. The zero-order valence-electron chi connectivity index (χ0n) is 6.52. The first kappa shape index (κ1) is 7.92. The summed E-state index contributed by atoms with van der Waals surface area (Å²) in [6.07, 6.45) is 0. The number of hydrogen-bond donors (Lipinski definition) is 0. The van der Waals surface area contributed by atoms with Crippen LogP contribution in [0.3, 0.4) is 0 Å². The highest BCUT2D eigenvalue weighted by Gasteiger charge is 2.06. The average molecular weight is 152 g/mol. The fourth-order valence-corrected chi connectivity index (χ4v) is 0.948. The molecule has 0 N–H and O–H groups in total. The van der Waals surface area contributed by atoms with Gasteiger partial charge in [0, 0.05) is 0 Å². The molecule has 0 fully saturated rings. The third-order valence-corrected chi connectivity index (χ3v) is 1.60. The van der Waals surface area contributed by atoms with E-state index in [1.165, 1.54) is 0 Å². The van der Waals surface area contributed by atoms with E-state index in [0.717, 1.165) is 5.56 Å². The van der Waals surface area contributed by atoms with Gasteiger partial charge in [0.15, 0.2) is 0 Å². The van der Waals surface area contributed by atoms with Gasteiger partial charge in [0.2, 0.25) is 0 Å². The normalized spacial score (nSPS) is 9.73. The summed E-state index contributed by atoms with van der Waals surface area (Å²) < 4.78 is 12.2. The standard InChI is InChI=1S/C9H9FO/c1-6-3-4-7(2)8(5-6)9(10)11/h3-5H,1-2H3. The van der Waals surface area contributed by atoms with Gasteiger partial charge in [-0.25, -0.2) is 0 Å². The third-order valence-electron chi connectivity index (χ3n) is 1.60. The van der Waals surface area contributed by atoms with Crippen molar-refractivity contribution in [3.8, 4) is 0 Å². The van der Waals surface area contributed by atoms with Crippen LogP contribution >= 0.6 is 0 Å². The molecule has 2 heteroatoms. The van der Waals surface area contributed by atoms with Crippen molar-refractivity contribution in [2.45, 2.75) is 13.8 Å². The van der Waals surface area contributed by atoms with E-state index in [9.17, 15) is 9.18 Å². The quantitative estimate of drug-likeness (QED) is 0.565. The highest BCUT2D eigenvalue weighted by atomic mass is 19.1. The van der Waals surface area contributed by atoms with Crippen molar-refractivity contribution in [1.29, 1.82) is 0 Å². The lowest BCUT2D eigenvalue weighted by Gasteiger charge is -1.99. The van der Waals surface area contributed by atoms with E-state index in [1.54, 1.807) is 19.1 Å². The third kappa shape index (κ3) is 1.64. The molecule has 0 radical (unpaired) electrons. The second kappa shape index (κ2) is 2.82. The van der Waals surface area contributed by atoms with Crippen LogP contribution in [-0.2, 0) is 0 Å². The molecule has 0 atom stereocenters. The Labute approximate surface area is 64.9 Å². The van der Waals surface area contributed by atoms with Crippen LogP contribution in [0.5, 0.6) is 0 Å². The molecule has 0 aliphatic rings. The zero-order chi connectivity index (χ0) is 8.43. The molecule has 0 bridgehead atoms. The number of carbonyl (C=O) groups is 1. The van der Waals surface area contributed by atoms with E-state index in [4.69, 9.17) is 0 Å². The van der Waals surface area contributed by atoms with Crippen LogP contribution in [0.25, 0.3) is 0 Å². The van der Waals surface area contributed by atoms with Crippen molar-refractivity contribution in [1.82, 2.24) is 0 Å². The fourth-order valence-electron chi connectivity index (χ4n) is 0.948. The fraction of sp³-hybridized carbons (Fsp3) is 0.222. The van der Waals surface area contributed by atoms with E-state index in [0.29, 0.717) is 5.56 Å². The average Bonchev–Trinajstić information content (AvgIpc) is 1.94. The minimum atomic E-state index is -1.36. The smallest absolute Gasteiger partial charge is 0.255 e. The Bertz CT molecular complexity index is 292. The summed E-state index contributed by atoms with van der Waals surface area (Å²) in [5, 5.41) is 0. The molecule has 0 aliphatic carbocycles. The lowest BCUT2D eigenvalue weighted by Crippen LogP contribution is -1.94. The largest absolute Gasteiger partial charge is 0.332 e. The lowest BCUT2D eigenvalue weighted by molar-refractivity contribution is 0.0835. The monoisotopic (exact) mass is 152 g/mol. The molecule has 1 aromatic carbocycles. The van der Waals surface area contributed by atoms with Crippen molar-refractivity contribution in [2.75, 3.05) is 0 Å². The van der Waals surface area contributed by atoms with Crippen molar-refractivity contribution in [2.24, 2.45) is 0 Å². The number of carbonyl (C=O) groups excluding carboxylic acids is 1. The van der Waals surface area contributed by atoms with Gasteiger partial charge in [0.1, 0.15) is 0 Å². The molecule has 1 aromatic rings. The highest BCUT2D eigenvalue weighted by molar-refractivity contribution is 5.90. The molecular weight excluding hydrogens is 143 g/mol. The molecule has 0 aromatic heterocycles. The first-order valence-electron chi connectivity index (χ1n) is 3.38. The van der Waals surface area contributed by atoms with Crippen LogP contribution in [0, 0.1) is 13.8 Å². The maximum Gasteiger partial charge on any atom is 0.332 e. The van der Waals surface area contributed by atoms with Crippen LogP contribution in [0.1, 0.15) is 21.5 Å². The van der Waals surface area contributed by atoms with E-state index in [2.05, 4.69) is 0 Å². The van der Waals surface area contributed by atoms with Gasteiger partial charge in [-0.2, -0.15) is 4.39 Å². The summed E-state index contributed by atoms with van der Waals surface area (Å²) in [7, 11) is 0. The molecule has 0 saturated heterocycles. The molecule has 11 heavy (non-hydrogen) atoms. The van der Waals surface area contributed by atoms with E-state index >= 15 is 0 Å². The highest BCUT2D eigenvalue weighted by Crippen LogP contribution is 2.11. The predicted molar refractivity (Wildman–Crippen MR) is 41.4 cm³/mol. The van der Waals surface area contributed by atoms with Gasteiger partial charge in [-0.3, -0.25) is 4.79 Å². The summed E-state index contributed by atoms with van der Waals surface area (Å²) >= 11 is 0. The Morgan fingerprint density at radius 2 is 2.00 bits per heavy atom. The Morgan fingerprint density at radius 1 is 1.36 bits per heavy atom. The molecule has 0 saturated carbocycles. The van der Waals surface area contributed by atoms with Crippen molar-refractivity contribution in [3.63, 3.8) is 0 Å². The van der Waals surface area contributed by atoms with Gasteiger partial charge in [-0.1, -0.05) is 17.7 Å². The summed E-state index contributed by atoms with van der Waals surface area (Å²) in [5.74, 6) is 0. The maximum atomic E-state index is 12.2. The van der Waals surface area contributed by atoms with E-state index in [-0.39, 0.29) is 5.56 Å². The number of benzene rings is 1. The number of halogens is 1. The van der Waals surface area contributed by atoms with Gasteiger partial charge in [0.05, 0.1) is 5.56 Å². The van der Waals surface area contributed by atoms with Crippen molar-refractivity contribution in [3.05, 3.63) is 34.9 Å². The van der Waals surface area contributed by atoms with Gasteiger partial charge in [-0.05, 0) is 25.5 Å². The molecule has 0 amide bonds. The number of aryl methyl sites for hydroxylation is 2. The SMILES string of the molecule is Cc1ccc(C)c(C(=O)F)c1. The lowest BCUT2D eigenvalue weighted by atomic mass is 10.1.